The third-order valence-electron chi connectivity index (χ3n) is 2.46. The molecule has 1 aromatic carbocycles. The van der Waals surface area contributed by atoms with Crippen LogP contribution in [0, 0.1) is 0 Å². The highest BCUT2D eigenvalue weighted by molar-refractivity contribution is 5.94. The number of nitrogens with zero attached hydrogens (tertiary/aromatic N) is 2. The number of aromatic nitrogens is 3. The lowest BCUT2D eigenvalue weighted by Gasteiger charge is -2.05. The normalized spacial score (nSPS) is 10.1. The van der Waals surface area contributed by atoms with Gasteiger partial charge in [-0.05, 0) is 24.3 Å². The minimum Gasteiger partial charge on any atom is -0.497 e. The van der Waals surface area contributed by atoms with E-state index in [1.165, 1.54) is 6.33 Å². The maximum atomic E-state index is 11.8. The Bertz CT molecular complexity index is 493. The van der Waals surface area contributed by atoms with Gasteiger partial charge in [0.25, 0.3) is 5.91 Å². The molecule has 0 aliphatic rings. The summed E-state index contributed by atoms with van der Waals surface area (Å²) in [7, 11) is 1.59. The van der Waals surface area contributed by atoms with E-state index in [-0.39, 0.29) is 5.91 Å². The third-order valence-corrected chi connectivity index (χ3v) is 2.46. The van der Waals surface area contributed by atoms with E-state index in [2.05, 4.69) is 20.5 Å². The Balaban J connectivity index is 1.83. The smallest absolute Gasteiger partial charge is 0.251 e. The number of H-pyrrole nitrogens is 1. The van der Waals surface area contributed by atoms with Crippen LogP contribution in [0.2, 0.25) is 0 Å². The van der Waals surface area contributed by atoms with Crippen LogP contribution in [0.4, 0.5) is 0 Å². The fraction of sp³-hybridized carbons (Fsp3) is 0.250. The molecular formula is C12H14N4O2. The van der Waals surface area contributed by atoms with Crippen molar-refractivity contribution in [1.29, 1.82) is 0 Å². The number of nitrogens with one attached hydrogen (secondary N) is 2. The van der Waals surface area contributed by atoms with Gasteiger partial charge in [0.1, 0.15) is 17.9 Å². The third kappa shape index (κ3) is 3.07. The van der Waals surface area contributed by atoms with Crippen molar-refractivity contribution in [3.8, 4) is 5.75 Å². The van der Waals surface area contributed by atoms with E-state index in [9.17, 15) is 4.79 Å². The van der Waals surface area contributed by atoms with Crippen LogP contribution in [-0.2, 0) is 6.42 Å². The molecule has 2 N–H and O–H groups in total. The molecule has 1 aromatic heterocycles. The lowest BCUT2D eigenvalue weighted by atomic mass is 10.2. The summed E-state index contributed by atoms with van der Waals surface area (Å²) >= 11 is 0. The zero-order valence-corrected chi connectivity index (χ0v) is 10.0. The van der Waals surface area contributed by atoms with Crippen LogP contribution in [0.25, 0.3) is 0 Å². The molecule has 1 amide bonds. The lowest BCUT2D eigenvalue weighted by molar-refractivity contribution is 0.0954. The van der Waals surface area contributed by atoms with E-state index in [1.807, 2.05) is 0 Å². The Labute approximate surface area is 104 Å². The zero-order valence-electron chi connectivity index (χ0n) is 10.0. The lowest BCUT2D eigenvalue weighted by Crippen LogP contribution is -2.25. The predicted octanol–water partition coefficient (Wildman–Crippen LogP) is 0.786. The maximum Gasteiger partial charge on any atom is 0.251 e. The molecule has 0 spiro atoms. The predicted molar refractivity (Wildman–Crippen MR) is 65.4 cm³/mol. The number of amides is 1. The number of carbonyl (C=O) groups excluding carboxylic acids is 1. The highest BCUT2D eigenvalue weighted by atomic mass is 16.5. The molecule has 0 bridgehead atoms. The van der Waals surface area contributed by atoms with Crippen molar-refractivity contribution in [2.75, 3.05) is 13.7 Å². The number of hydrogen-bond acceptors (Lipinski definition) is 4. The van der Waals surface area contributed by atoms with Crippen LogP contribution in [0.3, 0.4) is 0 Å². The van der Waals surface area contributed by atoms with Crippen LogP contribution in [0.15, 0.2) is 30.6 Å². The first-order valence-electron chi connectivity index (χ1n) is 5.56. The molecule has 0 atom stereocenters. The average Bonchev–Trinajstić information content (AvgIpc) is 2.92. The number of aromatic amines is 1. The van der Waals surface area contributed by atoms with Gasteiger partial charge in [0.2, 0.25) is 0 Å². The van der Waals surface area contributed by atoms with Gasteiger partial charge < -0.3 is 10.1 Å². The number of methoxy groups -OCH3 is 1. The summed E-state index contributed by atoms with van der Waals surface area (Å²) in [6.45, 7) is 0.514. The molecule has 2 aromatic rings. The quantitative estimate of drug-likeness (QED) is 0.817. The average molecular weight is 246 g/mol. The van der Waals surface area contributed by atoms with Gasteiger partial charge in [-0.1, -0.05) is 0 Å². The van der Waals surface area contributed by atoms with Crippen LogP contribution in [0.1, 0.15) is 16.2 Å². The fourth-order valence-corrected chi connectivity index (χ4v) is 1.49. The van der Waals surface area contributed by atoms with Gasteiger partial charge in [0.05, 0.1) is 7.11 Å². The van der Waals surface area contributed by atoms with E-state index >= 15 is 0 Å². The highest BCUT2D eigenvalue weighted by Crippen LogP contribution is 2.10. The van der Waals surface area contributed by atoms with Crippen molar-refractivity contribution < 1.29 is 9.53 Å². The van der Waals surface area contributed by atoms with Crippen molar-refractivity contribution in [2.24, 2.45) is 0 Å². The van der Waals surface area contributed by atoms with Crippen molar-refractivity contribution in [3.63, 3.8) is 0 Å². The first-order chi connectivity index (χ1) is 8.79. The molecule has 0 saturated carbocycles. The van der Waals surface area contributed by atoms with Crippen LogP contribution < -0.4 is 10.1 Å². The Morgan fingerprint density at radius 2 is 2.17 bits per heavy atom. The molecule has 0 aliphatic heterocycles. The number of hydrogen-bond donors (Lipinski definition) is 2. The van der Waals surface area contributed by atoms with Crippen LogP contribution in [-0.4, -0.2) is 34.7 Å². The summed E-state index contributed by atoms with van der Waals surface area (Å²) < 4.78 is 5.03. The number of rotatable bonds is 5. The maximum absolute atomic E-state index is 11.8. The second-order valence-electron chi connectivity index (χ2n) is 3.67. The van der Waals surface area contributed by atoms with E-state index in [0.717, 1.165) is 11.6 Å². The van der Waals surface area contributed by atoms with Crippen molar-refractivity contribution >= 4 is 5.91 Å². The molecule has 0 radical (unpaired) electrons. The van der Waals surface area contributed by atoms with Gasteiger partial charge in [-0.2, -0.15) is 5.10 Å². The number of carbonyl (C=O) groups is 1. The minimum absolute atomic E-state index is 0.114. The first-order valence-corrected chi connectivity index (χ1v) is 5.56. The van der Waals surface area contributed by atoms with Crippen LogP contribution >= 0.6 is 0 Å². The molecule has 94 valence electrons. The second kappa shape index (κ2) is 5.81. The molecule has 0 unspecified atom stereocenters. The minimum atomic E-state index is -0.114. The summed E-state index contributed by atoms with van der Waals surface area (Å²) in [5.41, 5.74) is 0.605. The van der Waals surface area contributed by atoms with E-state index < -0.39 is 0 Å². The topological polar surface area (TPSA) is 79.9 Å². The van der Waals surface area contributed by atoms with Gasteiger partial charge in [0.15, 0.2) is 0 Å². The van der Waals surface area contributed by atoms with E-state index in [1.54, 1.807) is 31.4 Å². The Morgan fingerprint density at radius 1 is 1.39 bits per heavy atom. The standard InChI is InChI=1S/C12H14N4O2/c1-18-10-4-2-9(3-5-10)12(17)13-7-6-11-14-8-15-16-11/h2-5,8H,6-7H2,1H3,(H,13,17)(H,14,15,16). The van der Waals surface area contributed by atoms with Crippen molar-refractivity contribution in [2.45, 2.75) is 6.42 Å². The summed E-state index contributed by atoms with van der Waals surface area (Å²) in [6.07, 6.45) is 2.07. The monoisotopic (exact) mass is 246 g/mol. The molecule has 0 aliphatic carbocycles. The van der Waals surface area contributed by atoms with Gasteiger partial charge in [-0.3, -0.25) is 9.89 Å². The summed E-state index contributed by atoms with van der Waals surface area (Å²) in [6, 6.07) is 6.96. The SMILES string of the molecule is COc1ccc(C(=O)NCCc2ncn[nH]2)cc1. The Morgan fingerprint density at radius 3 is 2.78 bits per heavy atom. The second-order valence-corrected chi connectivity index (χ2v) is 3.67. The van der Waals surface area contributed by atoms with E-state index in [4.69, 9.17) is 4.74 Å². The molecule has 2 rings (SSSR count). The van der Waals surface area contributed by atoms with Gasteiger partial charge in [-0.25, -0.2) is 4.98 Å². The van der Waals surface area contributed by atoms with Crippen molar-refractivity contribution in [1.82, 2.24) is 20.5 Å². The Kier molecular flexibility index (Phi) is 3.90. The molecule has 0 fully saturated rings. The molecule has 6 heteroatoms. The van der Waals surface area contributed by atoms with Gasteiger partial charge >= 0.3 is 0 Å². The van der Waals surface area contributed by atoms with Gasteiger partial charge in [0, 0.05) is 18.5 Å². The highest BCUT2D eigenvalue weighted by Gasteiger charge is 2.05. The summed E-state index contributed by atoms with van der Waals surface area (Å²) in [4.78, 5) is 15.7. The first kappa shape index (κ1) is 12.1. The van der Waals surface area contributed by atoms with Crippen LogP contribution in [0.5, 0.6) is 5.75 Å². The number of ether oxygens (including phenoxy) is 1. The molecule has 18 heavy (non-hydrogen) atoms. The van der Waals surface area contributed by atoms with E-state index in [0.29, 0.717) is 18.5 Å². The molecule has 0 saturated heterocycles. The summed E-state index contributed by atoms with van der Waals surface area (Å²) in [5, 5.41) is 9.28. The molecule has 6 nitrogen and oxygen atoms in total. The zero-order chi connectivity index (χ0) is 12.8. The molecular weight excluding hydrogens is 232 g/mol. The fourth-order valence-electron chi connectivity index (χ4n) is 1.49. The van der Waals surface area contributed by atoms with Crippen molar-refractivity contribution in [3.05, 3.63) is 42.0 Å². The summed E-state index contributed by atoms with van der Waals surface area (Å²) in [5.74, 6) is 1.37. The number of benzene rings is 1. The Hall–Kier alpha value is -2.37. The molecule has 1 heterocycles. The van der Waals surface area contributed by atoms with Gasteiger partial charge in [-0.15, -0.1) is 0 Å². The largest absolute Gasteiger partial charge is 0.497 e.